The molecule has 0 heterocycles. The van der Waals surface area contributed by atoms with Crippen molar-refractivity contribution in [3.63, 3.8) is 0 Å². The molecule has 6 heteroatoms. The summed E-state index contributed by atoms with van der Waals surface area (Å²) in [6.07, 6.45) is 1.96. The molecule has 1 N–H and O–H groups in total. The lowest BCUT2D eigenvalue weighted by Crippen LogP contribution is -2.18. The predicted molar refractivity (Wildman–Crippen MR) is 132 cm³/mol. The van der Waals surface area contributed by atoms with Crippen molar-refractivity contribution in [1.29, 1.82) is 0 Å². The summed E-state index contributed by atoms with van der Waals surface area (Å²) in [6, 6.07) is 20.0. The van der Waals surface area contributed by atoms with Gasteiger partial charge in [-0.1, -0.05) is 62.7 Å². The Morgan fingerprint density at radius 1 is 0.912 bits per heavy atom. The van der Waals surface area contributed by atoms with Crippen LogP contribution in [0.2, 0.25) is 0 Å². The van der Waals surface area contributed by atoms with Crippen LogP contribution >= 0.6 is 0 Å². The average Bonchev–Trinajstić information content (AvgIpc) is 2.84. The molecule has 0 aliphatic rings. The molecule has 176 valence electrons. The van der Waals surface area contributed by atoms with Gasteiger partial charge in [0.1, 0.15) is 5.75 Å². The van der Waals surface area contributed by atoms with Crippen LogP contribution < -0.4 is 10.1 Å². The van der Waals surface area contributed by atoms with Gasteiger partial charge in [0.25, 0.3) is 5.91 Å². The van der Waals surface area contributed by atoms with Crippen molar-refractivity contribution in [2.45, 2.75) is 39.5 Å². The Balaban J connectivity index is 2.04. The minimum Gasteiger partial charge on any atom is -0.465 e. The molecule has 0 aliphatic carbocycles. The van der Waals surface area contributed by atoms with E-state index in [9.17, 15) is 14.4 Å². The Morgan fingerprint density at radius 3 is 2.29 bits per heavy atom. The van der Waals surface area contributed by atoms with Gasteiger partial charge in [-0.25, -0.2) is 4.79 Å². The molecule has 3 aromatic rings. The van der Waals surface area contributed by atoms with E-state index in [-0.39, 0.29) is 22.8 Å². The quantitative estimate of drug-likeness (QED) is 0.319. The molecule has 1 amide bonds. The van der Waals surface area contributed by atoms with Gasteiger partial charge in [-0.3, -0.25) is 9.59 Å². The molecule has 6 nitrogen and oxygen atoms in total. The third kappa shape index (κ3) is 5.90. The molecule has 0 saturated carbocycles. The highest BCUT2D eigenvalue weighted by molar-refractivity contribution is 6.10. The van der Waals surface area contributed by atoms with Gasteiger partial charge in [-0.15, -0.1) is 0 Å². The predicted octanol–water partition coefficient (Wildman–Crippen LogP) is 6.22. The number of rotatable bonds is 8. The average molecular weight is 460 g/mol. The van der Waals surface area contributed by atoms with E-state index in [1.54, 1.807) is 30.3 Å². The number of benzene rings is 3. The molecule has 0 spiro atoms. The first-order valence-corrected chi connectivity index (χ1v) is 11.3. The van der Waals surface area contributed by atoms with Gasteiger partial charge >= 0.3 is 11.9 Å². The number of carbonyl (C=O) groups is 3. The number of hydrogen-bond donors (Lipinski definition) is 1. The van der Waals surface area contributed by atoms with E-state index >= 15 is 0 Å². The maximum absolute atomic E-state index is 13.4. The number of carbonyl (C=O) groups excluding carboxylic acids is 3. The number of anilines is 1. The van der Waals surface area contributed by atoms with Gasteiger partial charge in [-0.05, 0) is 53.3 Å². The third-order valence-electron chi connectivity index (χ3n) is 5.57. The first-order valence-electron chi connectivity index (χ1n) is 11.3. The summed E-state index contributed by atoms with van der Waals surface area (Å²) in [5.74, 6) is -1.19. The van der Waals surface area contributed by atoms with Crippen molar-refractivity contribution in [3.05, 3.63) is 83.4 Å². The highest BCUT2D eigenvalue weighted by atomic mass is 16.5. The summed E-state index contributed by atoms with van der Waals surface area (Å²) in [7, 11) is 1.29. The molecule has 0 aliphatic heterocycles. The highest BCUT2D eigenvalue weighted by Gasteiger charge is 2.20. The summed E-state index contributed by atoms with van der Waals surface area (Å²) < 4.78 is 10.2. The van der Waals surface area contributed by atoms with Crippen LogP contribution in [-0.4, -0.2) is 25.0 Å². The normalized spacial score (nSPS) is 11.4. The van der Waals surface area contributed by atoms with E-state index in [2.05, 4.69) is 19.2 Å². The molecule has 0 saturated heterocycles. The SMILES string of the molecule is CCCC(C)c1ccc(OC(C)=O)c(C(=O)Nc2cc(-c3ccccc3)ccc2C(=O)OC)c1. The molecule has 0 fully saturated rings. The van der Waals surface area contributed by atoms with Gasteiger partial charge in [0.05, 0.1) is 23.9 Å². The Labute approximate surface area is 199 Å². The topological polar surface area (TPSA) is 81.7 Å². The molecular weight excluding hydrogens is 430 g/mol. The summed E-state index contributed by atoms with van der Waals surface area (Å²) in [6.45, 7) is 5.48. The fraction of sp³-hybridized carbons (Fsp3) is 0.250. The molecule has 0 bridgehead atoms. The first kappa shape index (κ1) is 24.7. The van der Waals surface area contributed by atoms with Gasteiger partial charge < -0.3 is 14.8 Å². The molecular formula is C28H29NO5. The second-order valence-electron chi connectivity index (χ2n) is 8.11. The zero-order valence-electron chi connectivity index (χ0n) is 19.9. The smallest absolute Gasteiger partial charge is 0.339 e. The van der Waals surface area contributed by atoms with Gasteiger partial charge in [0.2, 0.25) is 0 Å². The van der Waals surface area contributed by atoms with Crippen molar-refractivity contribution < 1.29 is 23.9 Å². The van der Waals surface area contributed by atoms with Gasteiger partial charge in [0.15, 0.2) is 0 Å². The van der Waals surface area contributed by atoms with E-state index in [0.29, 0.717) is 5.69 Å². The molecule has 1 atom stereocenters. The van der Waals surface area contributed by atoms with E-state index in [0.717, 1.165) is 29.5 Å². The Hall–Kier alpha value is -3.93. The van der Waals surface area contributed by atoms with Crippen LogP contribution in [0.4, 0.5) is 5.69 Å². The van der Waals surface area contributed by atoms with Crippen molar-refractivity contribution in [2.24, 2.45) is 0 Å². The maximum Gasteiger partial charge on any atom is 0.339 e. The standard InChI is InChI=1S/C28H29NO5/c1-5-9-18(2)21-13-15-26(34-19(3)30)24(16-21)27(31)29-25-17-22(20-10-7-6-8-11-20)12-14-23(25)28(32)33-4/h6-8,10-18H,5,9H2,1-4H3,(H,29,31). The second kappa shape index (κ2) is 11.3. The Kier molecular flexibility index (Phi) is 8.19. The van der Waals surface area contributed by atoms with Crippen LogP contribution in [0.25, 0.3) is 11.1 Å². The lowest BCUT2D eigenvalue weighted by Gasteiger charge is -2.16. The van der Waals surface area contributed by atoms with E-state index in [1.165, 1.54) is 14.0 Å². The number of ether oxygens (including phenoxy) is 2. The van der Waals surface area contributed by atoms with Crippen LogP contribution in [0.1, 0.15) is 65.8 Å². The number of hydrogen-bond acceptors (Lipinski definition) is 5. The highest BCUT2D eigenvalue weighted by Crippen LogP contribution is 2.30. The van der Waals surface area contributed by atoms with Gasteiger partial charge in [0, 0.05) is 6.92 Å². The summed E-state index contributed by atoms with van der Waals surface area (Å²) in [5.41, 5.74) is 3.48. The van der Waals surface area contributed by atoms with Gasteiger partial charge in [-0.2, -0.15) is 0 Å². The molecule has 3 rings (SSSR count). The lowest BCUT2D eigenvalue weighted by atomic mass is 9.94. The first-order chi connectivity index (χ1) is 16.3. The molecule has 1 unspecified atom stereocenters. The van der Waals surface area contributed by atoms with Crippen molar-refractivity contribution in [3.8, 4) is 16.9 Å². The largest absolute Gasteiger partial charge is 0.465 e. The van der Waals surface area contributed by atoms with Crippen LogP contribution in [-0.2, 0) is 9.53 Å². The fourth-order valence-corrected chi connectivity index (χ4v) is 3.81. The Bertz CT molecular complexity index is 1190. The van der Waals surface area contributed by atoms with Crippen molar-refractivity contribution in [2.75, 3.05) is 12.4 Å². The summed E-state index contributed by atoms with van der Waals surface area (Å²) in [4.78, 5) is 37.4. The Morgan fingerprint density at radius 2 is 1.65 bits per heavy atom. The lowest BCUT2D eigenvalue weighted by molar-refractivity contribution is -0.131. The van der Waals surface area contributed by atoms with E-state index in [1.807, 2.05) is 36.4 Å². The van der Waals surface area contributed by atoms with Crippen LogP contribution in [0, 0.1) is 0 Å². The number of amides is 1. The number of methoxy groups -OCH3 is 1. The minimum atomic E-state index is -0.569. The second-order valence-corrected chi connectivity index (χ2v) is 8.11. The molecule has 0 radical (unpaired) electrons. The summed E-state index contributed by atoms with van der Waals surface area (Å²) >= 11 is 0. The maximum atomic E-state index is 13.4. The van der Waals surface area contributed by atoms with E-state index < -0.39 is 17.8 Å². The molecule has 3 aromatic carbocycles. The number of esters is 2. The van der Waals surface area contributed by atoms with Crippen LogP contribution in [0.15, 0.2) is 66.7 Å². The monoisotopic (exact) mass is 459 g/mol. The van der Waals surface area contributed by atoms with Crippen molar-refractivity contribution in [1.82, 2.24) is 0 Å². The zero-order valence-corrected chi connectivity index (χ0v) is 19.9. The third-order valence-corrected chi connectivity index (χ3v) is 5.57. The van der Waals surface area contributed by atoms with E-state index in [4.69, 9.17) is 9.47 Å². The van der Waals surface area contributed by atoms with Crippen molar-refractivity contribution >= 4 is 23.5 Å². The number of nitrogens with one attached hydrogen (secondary N) is 1. The molecule has 0 aromatic heterocycles. The molecule has 34 heavy (non-hydrogen) atoms. The van der Waals surface area contributed by atoms with Crippen LogP contribution in [0.3, 0.4) is 0 Å². The zero-order chi connectivity index (χ0) is 24.7. The minimum absolute atomic E-state index is 0.163. The summed E-state index contributed by atoms with van der Waals surface area (Å²) in [5, 5.41) is 2.83. The fourth-order valence-electron chi connectivity index (χ4n) is 3.81. The van der Waals surface area contributed by atoms with Crippen LogP contribution in [0.5, 0.6) is 5.75 Å².